The van der Waals surface area contributed by atoms with Crippen LogP contribution in [0.4, 0.5) is 0 Å². The first-order valence-corrected chi connectivity index (χ1v) is 7.64. The Kier molecular flexibility index (Phi) is 7.50. The van der Waals surface area contributed by atoms with Gasteiger partial charge in [0, 0.05) is 6.54 Å². The van der Waals surface area contributed by atoms with Crippen molar-refractivity contribution in [3.8, 4) is 5.75 Å². The standard InChI is InChI=1S/C17H27NO2.ClH/c1-13-4-6-18(7-5-13)11-16(19)12-20-17-9-14(2)8-15(3)10-17;/h8-10,13,16,19H,4-7,11-12H2,1-3H3;1H. The molecule has 2 rings (SSSR count). The Morgan fingerprint density at radius 1 is 1.19 bits per heavy atom. The quantitative estimate of drug-likeness (QED) is 0.906. The molecule has 0 spiro atoms. The van der Waals surface area contributed by atoms with E-state index in [4.69, 9.17) is 4.74 Å². The third-order valence-corrected chi connectivity index (χ3v) is 3.98. The summed E-state index contributed by atoms with van der Waals surface area (Å²) < 4.78 is 5.72. The third kappa shape index (κ3) is 6.25. The second-order valence-corrected chi connectivity index (χ2v) is 6.27. The van der Waals surface area contributed by atoms with Crippen LogP contribution in [0.2, 0.25) is 0 Å². The minimum atomic E-state index is -0.413. The minimum absolute atomic E-state index is 0. The van der Waals surface area contributed by atoms with Gasteiger partial charge in [-0.25, -0.2) is 0 Å². The average Bonchev–Trinajstić information content (AvgIpc) is 2.38. The Bertz CT molecular complexity index is 411. The fourth-order valence-corrected chi connectivity index (χ4v) is 2.80. The molecule has 1 N–H and O–H groups in total. The monoisotopic (exact) mass is 313 g/mol. The summed E-state index contributed by atoms with van der Waals surface area (Å²) >= 11 is 0. The zero-order valence-electron chi connectivity index (χ0n) is 13.3. The highest BCUT2D eigenvalue weighted by Crippen LogP contribution is 2.18. The van der Waals surface area contributed by atoms with Gasteiger partial charge in [0.1, 0.15) is 18.5 Å². The lowest BCUT2D eigenvalue weighted by Gasteiger charge is -2.31. The fourth-order valence-electron chi connectivity index (χ4n) is 2.80. The van der Waals surface area contributed by atoms with Gasteiger partial charge in [-0.3, -0.25) is 0 Å². The number of aliphatic hydroxyl groups excluding tert-OH is 1. The molecule has 1 atom stereocenters. The molecule has 0 aromatic heterocycles. The summed E-state index contributed by atoms with van der Waals surface area (Å²) in [6.45, 7) is 9.71. The first-order chi connectivity index (χ1) is 9.52. The molecule has 120 valence electrons. The molecule has 0 aliphatic carbocycles. The molecule has 1 aromatic rings. The van der Waals surface area contributed by atoms with Crippen LogP contribution in [-0.4, -0.2) is 42.4 Å². The maximum atomic E-state index is 10.1. The van der Waals surface area contributed by atoms with Gasteiger partial charge in [-0.05, 0) is 69.0 Å². The molecule has 1 aliphatic heterocycles. The van der Waals surface area contributed by atoms with E-state index in [1.165, 1.54) is 24.0 Å². The summed E-state index contributed by atoms with van der Waals surface area (Å²) in [5.74, 6) is 1.68. The number of piperidine rings is 1. The molecular formula is C17H28ClNO2. The Morgan fingerprint density at radius 3 is 2.33 bits per heavy atom. The first kappa shape index (κ1) is 18.3. The number of ether oxygens (including phenoxy) is 1. The van der Waals surface area contributed by atoms with E-state index in [0.717, 1.165) is 31.3 Å². The van der Waals surface area contributed by atoms with Gasteiger partial charge in [0.05, 0.1) is 0 Å². The van der Waals surface area contributed by atoms with Gasteiger partial charge in [-0.15, -0.1) is 12.4 Å². The number of aliphatic hydroxyl groups is 1. The van der Waals surface area contributed by atoms with E-state index in [2.05, 4.69) is 31.7 Å². The van der Waals surface area contributed by atoms with Gasteiger partial charge < -0.3 is 14.7 Å². The van der Waals surface area contributed by atoms with Crippen LogP contribution in [0.5, 0.6) is 5.75 Å². The lowest BCUT2D eigenvalue weighted by molar-refractivity contribution is 0.0562. The molecule has 0 amide bonds. The van der Waals surface area contributed by atoms with Crippen LogP contribution in [0, 0.1) is 19.8 Å². The summed E-state index contributed by atoms with van der Waals surface area (Å²) in [5.41, 5.74) is 2.39. The Balaban J connectivity index is 0.00000220. The van der Waals surface area contributed by atoms with Crippen molar-refractivity contribution in [2.45, 2.75) is 39.7 Å². The van der Waals surface area contributed by atoms with Crippen molar-refractivity contribution in [2.75, 3.05) is 26.2 Å². The van der Waals surface area contributed by atoms with Crippen LogP contribution in [0.3, 0.4) is 0 Å². The molecular weight excluding hydrogens is 286 g/mol. The molecule has 1 aliphatic rings. The Labute approximate surface area is 134 Å². The number of aryl methyl sites for hydroxylation is 2. The molecule has 21 heavy (non-hydrogen) atoms. The maximum absolute atomic E-state index is 10.1. The predicted octanol–water partition coefficient (Wildman–Crippen LogP) is 3.20. The minimum Gasteiger partial charge on any atom is -0.491 e. The number of hydrogen-bond donors (Lipinski definition) is 1. The van der Waals surface area contributed by atoms with Gasteiger partial charge >= 0.3 is 0 Å². The van der Waals surface area contributed by atoms with Crippen molar-refractivity contribution < 1.29 is 9.84 Å². The normalized spacial score (nSPS) is 18.1. The maximum Gasteiger partial charge on any atom is 0.119 e. The number of likely N-dealkylation sites (tertiary alicyclic amines) is 1. The second kappa shape index (κ2) is 8.62. The van der Waals surface area contributed by atoms with Gasteiger partial charge in [-0.2, -0.15) is 0 Å². The topological polar surface area (TPSA) is 32.7 Å². The van der Waals surface area contributed by atoms with E-state index in [1.807, 2.05) is 12.1 Å². The molecule has 4 heteroatoms. The van der Waals surface area contributed by atoms with Gasteiger partial charge in [0.15, 0.2) is 0 Å². The van der Waals surface area contributed by atoms with Gasteiger partial charge in [-0.1, -0.05) is 13.0 Å². The Morgan fingerprint density at radius 2 is 1.76 bits per heavy atom. The number of halogens is 1. The number of nitrogens with zero attached hydrogens (tertiary/aromatic N) is 1. The summed E-state index contributed by atoms with van der Waals surface area (Å²) in [7, 11) is 0. The van der Waals surface area contributed by atoms with Crippen LogP contribution >= 0.6 is 12.4 Å². The molecule has 0 saturated carbocycles. The van der Waals surface area contributed by atoms with Gasteiger partial charge in [0.25, 0.3) is 0 Å². The third-order valence-electron chi connectivity index (χ3n) is 3.98. The molecule has 1 unspecified atom stereocenters. The highest BCUT2D eigenvalue weighted by Gasteiger charge is 2.18. The van der Waals surface area contributed by atoms with Crippen molar-refractivity contribution in [3.05, 3.63) is 29.3 Å². The lowest BCUT2D eigenvalue weighted by Crippen LogP contribution is -2.40. The highest BCUT2D eigenvalue weighted by molar-refractivity contribution is 5.85. The predicted molar refractivity (Wildman–Crippen MR) is 89.5 cm³/mol. The van der Waals surface area contributed by atoms with Crippen LogP contribution in [-0.2, 0) is 0 Å². The second-order valence-electron chi connectivity index (χ2n) is 6.27. The van der Waals surface area contributed by atoms with E-state index in [9.17, 15) is 5.11 Å². The first-order valence-electron chi connectivity index (χ1n) is 7.64. The largest absolute Gasteiger partial charge is 0.491 e. The van der Waals surface area contributed by atoms with Crippen molar-refractivity contribution >= 4 is 12.4 Å². The molecule has 1 heterocycles. The van der Waals surface area contributed by atoms with Crippen molar-refractivity contribution in [3.63, 3.8) is 0 Å². The SMILES string of the molecule is Cc1cc(C)cc(OCC(O)CN2CCC(C)CC2)c1.Cl. The number of β-amino-alcohol motifs (C(OH)–C–C–N with tert-alkyl or cyclic N) is 1. The van der Waals surface area contributed by atoms with E-state index < -0.39 is 6.10 Å². The van der Waals surface area contributed by atoms with Crippen molar-refractivity contribution in [1.82, 2.24) is 4.90 Å². The van der Waals surface area contributed by atoms with E-state index in [-0.39, 0.29) is 12.4 Å². The van der Waals surface area contributed by atoms with E-state index in [0.29, 0.717) is 6.61 Å². The summed E-state index contributed by atoms with van der Waals surface area (Å²) in [6, 6.07) is 6.16. The molecule has 0 bridgehead atoms. The van der Waals surface area contributed by atoms with Crippen LogP contribution in [0.1, 0.15) is 30.9 Å². The van der Waals surface area contributed by atoms with Crippen LogP contribution < -0.4 is 4.74 Å². The van der Waals surface area contributed by atoms with E-state index >= 15 is 0 Å². The number of hydrogen-bond acceptors (Lipinski definition) is 3. The zero-order chi connectivity index (χ0) is 14.5. The summed E-state index contributed by atoms with van der Waals surface area (Å²) in [6.07, 6.45) is 2.07. The molecule has 1 saturated heterocycles. The van der Waals surface area contributed by atoms with Crippen molar-refractivity contribution in [1.29, 1.82) is 0 Å². The summed E-state index contributed by atoms with van der Waals surface area (Å²) in [4.78, 5) is 2.34. The average molecular weight is 314 g/mol. The van der Waals surface area contributed by atoms with Crippen LogP contribution in [0.25, 0.3) is 0 Å². The number of rotatable bonds is 5. The smallest absolute Gasteiger partial charge is 0.119 e. The molecule has 1 fully saturated rings. The molecule has 0 radical (unpaired) electrons. The van der Waals surface area contributed by atoms with Crippen molar-refractivity contribution in [2.24, 2.45) is 5.92 Å². The molecule has 1 aromatic carbocycles. The van der Waals surface area contributed by atoms with Gasteiger partial charge in [0.2, 0.25) is 0 Å². The Hall–Kier alpha value is -0.770. The molecule has 3 nitrogen and oxygen atoms in total. The fraction of sp³-hybridized carbons (Fsp3) is 0.647. The zero-order valence-corrected chi connectivity index (χ0v) is 14.2. The lowest BCUT2D eigenvalue weighted by atomic mass is 9.99. The summed E-state index contributed by atoms with van der Waals surface area (Å²) in [5, 5.41) is 10.1. The van der Waals surface area contributed by atoms with E-state index in [1.54, 1.807) is 0 Å². The number of benzene rings is 1. The van der Waals surface area contributed by atoms with Crippen LogP contribution in [0.15, 0.2) is 18.2 Å². The highest BCUT2D eigenvalue weighted by atomic mass is 35.5.